The monoisotopic (exact) mass is 495 g/mol. The molecule has 1 saturated heterocycles. The Morgan fingerprint density at radius 2 is 2.07 bits per heavy atom. The molecule has 0 aromatic heterocycles. The largest absolute Gasteiger partial charge is 0.382 e. The second kappa shape index (κ2) is 11.2. The van der Waals surface area contributed by atoms with E-state index in [1.54, 1.807) is 7.11 Å². The summed E-state index contributed by atoms with van der Waals surface area (Å²) < 4.78 is 16.8. The fraction of sp³-hybridized carbons (Fsp3) is 0.950. The molecular weight excluding hydrogens is 457 g/mol. The van der Waals surface area contributed by atoms with Gasteiger partial charge in [0.1, 0.15) is 0 Å². The van der Waals surface area contributed by atoms with Gasteiger partial charge in [-0.1, -0.05) is 6.42 Å². The van der Waals surface area contributed by atoms with Gasteiger partial charge in [-0.25, -0.2) is 0 Å². The van der Waals surface area contributed by atoms with Gasteiger partial charge in [0.05, 0.1) is 25.9 Å². The van der Waals surface area contributed by atoms with Crippen LogP contribution >= 0.6 is 24.0 Å². The van der Waals surface area contributed by atoms with E-state index < -0.39 is 0 Å². The number of hydrogen-bond acceptors (Lipinski definition) is 4. The lowest BCUT2D eigenvalue weighted by molar-refractivity contribution is -0.168. The smallest absolute Gasteiger partial charge is 0.194 e. The number of halogens is 1. The van der Waals surface area contributed by atoms with Crippen LogP contribution in [-0.4, -0.2) is 76.2 Å². The van der Waals surface area contributed by atoms with Crippen molar-refractivity contribution in [1.82, 2.24) is 10.2 Å². The Balaban J connectivity index is 0.00000261. The van der Waals surface area contributed by atoms with Crippen molar-refractivity contribution in [3.05, 3.63) is 0 Å². The van der Waals surface area contributed by atoms with Crippen molar-refractivity contribution < 1.29 is 14.2 Å². The summed E-state index contributed by atoms with van der Waals surface area (Å²) in [5.41, 5.74) is 0.368. The highest BCUT2D eigenvalue weighted by Gasteiger charge is 2.59. The van der Waals surface area contributed by atoms with Crippen molar-refractivity contribution in [3.63, 3.8) is 0 Å². The first-order valence-electron chi connectivity index (χ1n) is 10.5. The van der Waals surface area contributed by atoms with Crippen molar-refractivity contribution in [3.8, 4) is 0 Å². The average molecular weight is 495 g/mol. The summed E-state index contributed by atoms with van der Waals surface area (Å²) in [6.07, 6.45) is 6.67. The first-order valence-corrected chi connectivity index (χ1v) is 10.5. The molecule has 3 unspecified atom stereocenters. The number of ether oxygens (including phenoxy) is 3. The summed E-state index contributed by atoms with van der Waals surface area (Å²) in [6, 6.07) is 0.523. The minimum atomic E-state index is 0. The van der Waals surface area contributed by atoms with Crippen LogP contribution < -0.4 is 5.32 Å². The summed E-state index contributed by atoms with van der Waals surface area (Å²) in [5, 5.41) is 3.81. The predicted molar refractivity (Wildman–Crippen MR) is 119 cm³/mol. The van der Waals surface area contributed by atoms with Gasteiger partial charge in [0.15, 0.2) is 5.96 Å². The van der Waals surface area contributed by atoms with Crippen molar-refractivity contribution in [1.29, 1.82) is 0 Å². The molecule has 1 N–H and O–H groups in total. The zero-order valence-electron chi connectivity index (χ0n) is 17.2. The Bertz CT molecular complexity index is 473. The van der Waals surface area contributed by atoms with Crippen LogP contribution in [0.2, 0.25) is 0 Å². The number of guanidine groups is 1. The molecule has 1 spiro atoms. The number of rotatable bonds is 9. The molecule has 6 nitrogen and oxygen atoms in total. The maximum Gasteiger partial charge on any atom is 0.194 e. The molecule has 7 heteroatoms. The fourth-order valence-electron chi connectivity index (χ4n) is 4.74. The first kappa shape index (κ1) is 23.2. The van der Waals surface area contributed by atoms with E-state index in [1.165, 1.54) is 25.7 Å². The van der Waals surface area contributed by atoms with E-state index in [4.69, 9.17) is 19.2 Å². The molecule has 3 atom stereocenters. The topological polar surface area (TPSA) is 55.3 Å². The van der Waals surface area contributed by atoms with E-state index in [0.29, 0.717) is 36.7 Å². The molecule has 158 valence electrons. The molecule has 0 amide bonds. The Morgan fingerprint density at radius 1 is 1.26 bits per heavy atom. The van der Waals surface area contributed by atoms with Crippen LogP contribution in [0.4, 0.5) is 0 Å². The maximum absolute atomic E-state index is 5.99. The number of hydrogen-bond donors (Lipinski definition) is 1. The zero-order valence-corrected chi connectivity index (χ0v) is 19.6. The lowest BCUT2D eigenvalue weighted by Gasteiger charge is -2.61. The number of aliphatic imine (C=N–C) groups is 1. The van der Waals surface area contributed by atoms with Gasteiger partial charge in [0, 0.05) is 50.7 Å². The predicted octanol–water partition coefficient (Wildman–Crippen LogP) is 2.90. The van der Waals surface area contributed by atoms with Gasteiger partial charge in [-0.2, -0.15) is 0 Å². The molecule has 0 radical (unpaired) electrons. The highest BCUT2D eigenvalue weighted by molar-refractivity contribution is 14.0. The van der Waals surface area contributed by atoms with Crippen LogP contribution in [-0.2, 0) is 14.2 Å². The molecule has 2 saturated carbocycles. The molecule has 0 bridgehead atoms. The van der Waals surface area contributed by atoms with Gasteiger partial charge in [0.25, 0.3) is 0 Å². The Kier molecular flexibility index (Phi) is 9.58. The Hall–Kier alpha value is -0.120. The molecule has 1 heterocycles. The van der Waals surface area contributed by atoms with Gasteiger partial charge < -0.3 is 24.4 Å². The van der Waals surface area contributed by atoms with Gasteiger partial charge in [0.2, 0.25) is 0 Å². The van der Waals surface area contributed by atoms with Gasteiger partial charge in [-0.15, -0.1) is 24.0 Å². The standard InChI is InChI=1S/C20H37N3O3.HI/c1-4-21-19(23-10-7-16(14-23)15-25-12-11-24-3)22-17-13-18(26-5-2)20(17)8-6-9-20;/h16-18H,4-15H2,1-3H3,(H,21,22);1H. The van der Waals surface area contributed by atoms with Gasteiger partial charge in [-0.05, 0) is 39.5 Å². The summed E-state index contributed by atoms with van der Waals surface area (Å²) in [6.45, 7) is 10.2. The Labute approximate surface area is 181 Å². The molecule has 0 aromatic carbocycles. The van der Waals surface area contributed by atoms with Crippen molar-refractivity contribution in [2.75, 3.05) is 53.2 Å². The molecule has 3 aliphatic rings. The summed E-state index contributed by atoms with van der Waals surface area (Å²) >= 11 is 0. The highest BCUT2D eigenvalue weighted by Crippen LogP contribution is 2.57. The second-order valence-corrected chi connectivity index (χ2v) is 7.93. The third-order valence-electron chi connectivity index (χ3n) is 6.42. The zero-order chi connectivity index (χ0) is 18.4. The summed E-state index contributed by atoms with van der Waals surface area (Å²) in [5.74, 6) is 1.68. The van der Waals surface area contributed by atoms with Crippen molar-refractivity contribution in [2.24, 2.45) is 16.3 Å². The van der Waals surface area contributed by atoms with Crippen LogP contribution in [0.25, 0.3) is 0 Å². The fourth-order valence-corrected chi connectivity index (χ4v) is 4.74. The molecule has 2 aliphatic carbocycles. The van der Waals surface area contributed by atoms with Crippen molar-refractivity contribution >= 4 is 29.9 Å². The minimum absolute atomic E-state index is 0. The quantitative estimate of drug-likeness (QED) is 0.231. The first-order chi connectivity index (χ1) is 12.7. The van der Waals surface area contributed by atoms with Crippen LogP contribution in [0.3, 0.4) is 0 Å². The van der Waals surface area contributed by atoms with E-state index in [2.05, 4.69) is 24.1 Å². The van der Waals surface area contributed by atoms with Crippen molar-refractivity contribution in [2.45, 2.75) is 58.1 Å². The SMILES string of the molecule is CCN=C(NC1CC(OCC)C12CCC2)N1CCC(COCCOC)C1.I. The van der Waals surface area contributed by atoms with E-state index in [0.717, 1.165) is 45.2 Å². The van der Waals surface area contributed by atoms with Crippen LogP contribution in [0.5, 0.6) is 0 Å². The van der Waals surface area contributed by atoms with E-state index in [-0.39, 0.29) is 24.0 Å². The molecule has 27 heavy (non-hydrogen) atoms. The Morgan fingerprint density at radius 3 is 2.70 bits per heavy atom. The molecule has 1 aliphatic heterocycles. The normalized spacial score (nSPS) is 29.2. The number of nitrogens with one attached hydrogen (secondary N) is 1. The average Bonchev–Trinajstić information content (AvgIpc) is 3.04. The lowest BCUT2D eigenvalue weighted by Crippen LogP contribution is -2.68. The summed E-state index contributed by atoms with van der Waals surface area (Å²) in [7, 11) is 1.71. The number of likely N-dealkylation sites (tertiary alicyclic amines) is 1. The molecular formula is C20H38IN3O3. The lowest BCUT2D eigenvalue weighted by atomic mass is 9.51. The number of nitrogens with zero attached hydrogens (tertiary/aromatic N) is 2. The third-order valence-corrected chi connectivity index (χ3v) is 6.42. The van der Waals surface area contributed by atoms with Crippen LogP contribution in [0.15, 0.2) is 4.99 Å². The van der Waals surface area contributed by atoms with Gasteiger partial charge in [-0.3, -0.25) is 4.99 Å². The third kappa shape index (κ3) is 5.28. The maximum atomic E-state index is 5.99. The van der Waals surface area contributed by atoms with E-state index >= 15 is 0 Å². The molecule has 3 rings (SSSR count). The van der Waals surface area contributed by atoms with Gasteiger partial charge >= 0.3 is 0 Å². The molecule has 3 fully saturated rings. The van der Waals surface area contributed by atoms with Crippen LogP contribution in [0, 0.1) is 11.3 Å². The second-order valence-electron chi connectivity index (χ2n) is 7.93. The molecule has 0 aromatic rings. The van der Waals surface area contributed by atoms with E-state index in [1.807, 2.05) is 0 Å². The minimum Gasteiger partial charge on any atom is -0.382 e. The number of methoxy groups -OCH3 is 1. The van der Waals surface area contributed by atoms with Crippen LogP contribution in [0.1, 0.15) is 46.0 Å². The highest BCUT2D eigenvalue weighted by atomic mass is 127. The summed E-state index contributed by atoms with van der Waals surface area (Å²) in [4.78, 5) is 7.22. The van der Waals surface area contributed by atoms with E-state index in [9.17, 15) is 0 Å².